The smallest absolute Gasteiger partial charge is 0.257 e. The standard InChI is InChI=1S/C22H23N3O2S/c1-4-25(5-2)22(27)16-8-10-17(11-9-16)24-21(26)18-12-13-19(23-15(18)3)20-7-6-14-28-20/h6-14H,4-5H2,1-3H3,(H,24,26). The fourth-order valence-corrected chi connectivity index (χ4v) is 3.65. The molecule has 2 heterocycles. The second-order valence-corrected chi connectivity index (χ2v) is 7.26. The molecule has 2 aromatic heterocycles. The number of aryl methyl sites for hydroxylation is 1. The minimum absolute atomic E-state index is 0.00733. The van der Waals surface area contributed by atoms with Crippen molar-refractivity contribution in [2.45, 2.75) is 20.8 Å². The van der Waals surface area contributed by atoms with Gasteiger partial charge in [0.15, 0.2) is 0 Å². The van der Waals surface area contributed by atoms with Crippen molar-refractivity contribution in [3.05, 3.63) is 70.7 Å². The summed E-state index contributed by atoms with van der Waals surface area (Å²) in [5, 5.41) is 4.88. The summed E-state index contributed by atoms with van der Waals surface area (Å²) in [7, 11) is 0. The van der Waals surface area contributed by atoms with Crippen LogP contribution < -0.4 is 5.32 Å². The van der Waals surface area contributed by atoms with E-state index in [0.717, 1.165) is 10.6 Å². The molecular weight excluding hydrogens is 370 g/mol. The van der Waals surface area contributed by atoms with Crippen molar-refractivity contribution in [3.8, 4) is 10.6 Å². The molecule has 0 aliphatic heterocycles. The highest BCUT2D eigenvalue weighted by Gasteiger charge is 2.14. The molecule has 1 aromatic carbocycles. The summed E-state index contributed by atoms with van der Waals surface area (Å²) in [6.45, 7) is 7.08. The second-order valence-electron chi connectivity index (χ2n) is 6.32. The van der Waals surface area contributed by atoms with Gasteiger partial charge in [0.25, 0.3) is 11.8 Å². The van der Waals surface area contributed by atoms with Crippen LogP contribution in [0.3, 0.4) is 0 Å². The zero-order chi connectivity index (χ0) is 20.1. The monoisotopic (exact) mass is 393 g/mol. The highest BCUT2D eigenvalue weighted by Crippen LogP contribution is 2.24. The van der Waals surface area contributed by atoms with E-state index in [1.165, 1.54) is 0 Å². The molecule has 0 unspecified atom stereocenters. The molecule has 6 heteroatoms. The molecule has 0 fully saturated rings. The lowest BCUT2D eigenvalue weighted by Gasteiger charge is -2.18. The fourth-order valence-electron chi connectivity index (χ4n) is 2.95. The van der Waals surface area contributed by atoms with E-state index in [-0.39, 0.29) is 11.8 Å². The Labute approximate surface area is 169 Å². The number of anilines is 1. The number of carbonyl (C=O) groups excluding carboxylic acids is 2. The van der Waals surface area contributed by atoms with Crippen LogP contribution in [0.5, 0.6) is 0 Å². The van der Waals surface area contributed by atoms with Crippen molar-refractivity contribution in [1.82, 2.24) is 9.88 Å². The highest BCUT2D eigenvalue weighted by molar-refractivity contribution is 7.13. The van der Waals surface area contributed by atoms with Crippen molar-refractivity contribution in [3.63, 3.8) is 0 Å². The molecule has 0 spiro atoms. The third kappa shape index (κ3) is 4.28. The minimum atomic E-state index is -0.217. The van der Waals surface area contributed by atoms with Crippen molar-refractivity contribution in [2.75, 3.05) is 18.4 Å². The van der Waals surface area contributed by atoms with Gasteiger partial charge in [-0.2, -0.15) is 0 Å². The molecule has 5 nitrogen and oxygen atoms in total. The molecule has 1 N–H and O–H groups in total. The molecule has 0 bridgehead atoms. The normalized spacial score (nSPS) is 10.5. The van der Waals surface area contributed by atoms with Gasteiger partial charge < -0.3 is 10.2 Å². The summed E-state index contributed by atoms with van der Waals surface area (Å²) >= 11 is 1.62. The van der Waals surface area contributed by atoms with Crippen LogP contribution in [-0.4, -0.2) is 34.8 Å². The maximum absolute atomic E-state index is 12.6. The quantitative estimate of drug-likeness (QED) is 0.651. The lowest BCUT2D eigenvalue weighted by atomic mass is 10.1. The predicted octanol–water partition coefficient (Wildman–Crippen LogP) is 4.85. The van der Waals surface area contributed by atoms with E-state index in [4.69, 9.17) is 0 Å². The van der Waals surface area contributed by atoms with Crippen LogP contribution >= 0.6 is 11.3 Å². The van der Waals surface area contributed by atoms with Crippen LogP contribution in [-0.2, 0) is 0 Å². The van der Waals surface area contributed by atoms with Gasteiger partial charge in [-0.25, -0.2) is 0 Å². The number of pyridine rings is 1. The highest BCUT2D eigenvalue weighted by atomic mass is 32.1. The van der Waals surface area contributed by atoms with Gasteiger partial charge in [0.2, 0.25) is 0 Å². The molecule has 0 atom stereocenters. The maximum Gasteiger partial charge on any atom is 0.257 e. The summed E-state index contributed by atoms with van der Waals surface area (Å²) < 4.78 is 0. The summed E-state index contributed by atoms with van der Waals surface area (Å²) in [6, 6.07) is 14.6. The van der Waals surface area contributed by atoms with Crippen LogP contribution in [0.25, 0.3) is 10.6 Å². The van der Waals surface area contributed by atoms with Gasteiger partial charge in [-0.3, -0.25) is 14.6 Å². The Morgan fingerprint density at radius 2 is 1.75 bits per heavy atom. The zero-order valence-corrected chi connectivity index (χ0v) is 17.0. The Hall–Kier alpha value is -2.99. The summed E-state index contributed by atoms with van der Waals surface area (Å²) in [4.78, 5) is 32.4. The minimum Gasteiger partial charge on any atom is -0.339 e. The molecule has 3 rings (SSSR count). The van der Waals surface area contributed by atoms with E-state index >= 15 is 0 Å². The number of hydrogen-bond donors (Lipinski definition) is 1. The number of benzene rings is 1. The van der Waals surface area contributed by atoms with Gasteiger partial charge in [-0.1, -0.05) is 6.07 Å². The molecule has 2 amide bonds. The molecular formula is C22H23N3O2S. The Bertz CT molecular complexity index is 962. The number of hydrogen-bond acceptors (Lipinski definition) is 4. The first-order valence-corrected chi connectivity index (χ1v) is 10.1. The zero-order valence-electron chi connectivity index (χ0n) is 16.2. The lowest BCUT2D eigenvalue weighted by Crippen LogP contribution is -2.30. The molecule has 28 heavy (non-hydrogen) atoms. The SMILES string of the molecule is CCN(CC)C(=O)c1ccc(NC(=O)c2ccc(-c3cccs3)nc2C)cc1. The van der Waals surface area contributed by atoms with Crippen LogP contribution in [0.1, 0.15) is 40.3 Å². The summed E-state index contributed by atoms with van der Waals surface area (Å²) in [5.74, 6) is -0.224. The number of rotatable bonds is 6. The van der Waals surface area contributed by atoms with E-state index in [9.17, 15) is 9.59 Å². The Balaban J connectivity index is 1.72. The van der Waals surface area contributed by atoms with Crippen molar-refractivity contribution >= 4 is 28.8 Å². The number of amides is 2. The van der Waals surface area contributed by atoms with E-state index in [0.29, 0.717) is 35.6 Å². The third-order valence-electron chi connectivity index (χ3n) is 4.54. The third-order valence-corrected chi connectivity index (χ3v) is 5.44. The van der Waals surface area contributed by atoms with Crippen LogP contribution in [0.4, 0.5) is 5.69 Å². The largest absolute Gasteiger partial charge is 0.339 e. The van der Waals surface area contributed by atoms with E-state index < -0.39 is 0 Å². The second kappa shape index (κ2) is 8.80. The van der Waals surface area contributed by atoms with Crippen LogP contribution in [0, 0.1) is 6.92 Å². The maximum atomic E-state index is 12.6. The molecule has 0 aliphatic carbocycles. The van der Waals surface area contributed by atoms with Crippen molar-refractivity contribution in [2.24, 2.45) is 0 Å². The molecule has 144 valence electrons. The van der Waals surface area contributed by atoms with Crippen molar-refractivity contribution < 1.29 is 9.59 Å². The number of carbonyl (C=O) groups is 2. The van der Waals surface area contributed by atoms with E-state index in [2.05, 4.69) is 10.3 Å². The molecule has 0 saturated carbocycles. The molecule has 0 aliphatic rings. The van der Waals surface area contributed by atoms with Gasteiger partial charge in [0, 0.05) is 24.3 Å². The topological polar surface area (TPSA) is 62.3 Å². The molecule has 3 aromatic rings. The first kappa shape index (κ1) is 19.8. The summed E-state index contributed by atoms with van der Waals surface area (Å²) in [5.41, 5.74) is 3.33. The van der Waals surface area contributed by atoms with Crippen LogP contribution in [0.2, 0.25) is 0 Å². The fraction of sp³-hybridized carbons (Fsp3) is 0.227. The molecule has 0 saturated heterocycles. The lowest BCUT2D eigenvalue weighted by molar-refractivity contribution is 0.0773. The number of aromatic nitrogens is 1. The number of nitrogens with one attached hydrogen (secondary N) is 1. The Kier molecular flexibility index (Phi) is 6.21. The van der Waals surface area contributed by atoms with Gasteiger partial charge >= 0.3 is 0 Å². The summed E-state index contributed by atoms with van der Waals surface area (Å²) in [6.07, 6.45) is 0. The van der Waals surface area contributed by atoms with Crippen LogP contribution in [0.15, 0.2) is 53.9 Å². The molecule has 0 radical (unpaired) electrons. The van der Waals surface area contributed by atoms with Gasteiger partial charge in [0.05, 0.1) is 21.8 Å². The first-order valence-electron chi connectivity index (χ1n) is 9.25. The van der Waals surface area contributed by atoms with Crippen molar-refractivity contribution in [1.29, 1.82) is 0 Å². The Morgan fingerprint density at radius 3 is 2.32 bits per heavy atom. The van der Waals surface area contributed by atoms with E-state index in [1.54, 1.807) is 46.6 Å². The number of nitrogens with zero attached hydrogens (tertiary/aromatic N) is 2. The van der Waals surface area contributed by atoms with Gasteiger partial charge in [-0.15, -0.1) is 11.3 Å². The van der Waals surface area contributed by atoms with E-state index in [1.807, 2.05) is 44.4 Å². The van der Waals surface area contributed by atoms with Gasteiger partial charge in [0.1, 0.15) is 0 Å². The predicted molar refractivity (Wildman–Crippen MR) is 114 cm³/mol. The average molecular weight is 394 g/mol. The first-order chi connectivity index (χ1) is 13.5. The Morgan fingerprint density at radius 1 is 1.04 bits per heavy atom. The number of thiophene rings is 1. The van der Waals surface area contributed by atoms with Gasteiger partial charge in [-0.05, 0) is 68.6 Å². The average Bonchev–Trinajstić information content (AvgIpc) is 3.24.